The SMILES string of the molecule is CCn1c(-c2cccnc2COC)c(CC(C)(C)COC=O)c2cc(-c3cc(O)cc(CCC(=O)CCCCNN)c3)ccc21. The highest BCUT2D eigenvalue weighted by Gasteiger charge is 2.27. The molecule has 0 amide bonds. The molecule has 240 valence electrons. The second-order valence-electron chi connectivity index (χ2n) is 12.3. The lowest BCUT2D eigenvalue weighted by Gasteiger charge is -2.24. The Morgan fingerprint density at radius 3 is 2.67 bits per heavy atom. The number of hydrazine groups is 1. The monoisotopic (exact) mass is 614 g/mol. The summed E-state index contributed by atoms with van der Waals surface area (Å²) in [5.41, 5.74) is 10.2. The fourth-order valence-corrected chi connectivity index (χ4v) is 6.06. The number of phenolic OH excluding ortho intramolecular Hbond substituents is 1. The van der Waals surface area contributed by atoms with E-state index in [0.29, 0.717) is 45.3 Å². The number of nitrogens with one attached hydrogen (secondary N) is 1. The molecule has 9 nitrogen and oxygen atoms in total. The number of rotatable bonds is 18. The van der Waals surface area contributed by atoms with Crippen LogP contribution in [0.25, 0.3) is 33.3 Å². The Bertz CT molecular complexity index is 1610. The number of ketones is 1. The average Bonchev–Trinajstić information content (AvgIpc) is 3.32. The predicted molar refractivity (Wildman–Crippen MR) is 178 cm³/mol. The lowest BCUT2D eigenvalue weighted by Crippen LogP contribution is -2.22. The van der Waals surface area contributed by atoms with Crippen molar-refractivity contribution >= 4 is 23.2 Å². The van der Waals surface area contributed by atoms with E-state index in [4.69, 9.17) is 15.3 Å². The number of benzene rings is 2. The molecule has 0 radical (unpaired) electrons. The van der Waals surface area contributed by atoms with E-state index < -0.39 is 0 Å². The van der Waals surface area contributed by atoms with Gasteiger partial charge in [-0.3, -0.25) is 25.8 Å². The van der Waals surface area contributed by atoms with E-state index in [-0.39, 0.29) is 23.6 Å². The lowest BCUT2D eigenvalue weighted by atomic mass is 9.84. The van der Waals surface area contributed by atoms with Crippen molar-refractivity contribution in [3.8, 4) is 28.1 Å². The van der Waals surface area contributed by atoms with E-state index in [2.05, 4.69) is 66.1 Å². The summed E-state index contributed by atoms with van der Waals surface area (Å²) in [4.78, 5) is 28.2. The number of hydrogen-bond acceptors (Lipinski definition) is 8. The number of aryl methyl sites for hydroxylation is 2. The van der Waals surface area contributed by atoms with Crippen molar-refractivity contribution in [3.63, 3.8) is 0 Å². The van der Waals surface area contributed by atoms with Crippen molar-refractivity contribution in [2.24, 2.45) is 11.3 Å². The molecular weight excluding hydrogens is 568 g/mol. The Hall–Kier alpha value is -4.05. The van der Waals surface area contributed by atoms with Crippen LogP contribution in [0.2, 0.25) is 0 Å². The Morgan fingerprint density at radius 2 is 1.93 bits per heavy atom. The quantitative estimate of drug-likeness (QED) is 0.0529. The summed E-state index contributed by atoms with van der Waals surface area (Å²) in [6.07, 6.45) is 5.62. The number of carbonyl (C=O) groups excluding carboxylic acids is 2. The van der Waals surface area contributed by atoms with Crippen molar-refractivity contribution < 1.29 is 24.2 Å². The summed E-state index contributed by atoms with van der Waals surface area (Å²) < 4.78 is 13.1. The zero-order valence-corrected chi connectivity index (χ0v) is 26.9. The number of aromatic nitrogens is 2. The number of nitrogens with two attached hydrogens (primary N) is 1. The van der Waals surface area contributed by atoms with Gasteiger partial charge in [0.1, 0.15) is 11.5 Å². The van der Waals surface area contributed by atoms with Gasteiger partial charge in [-0.2, -0.15) is 0 Å². The van der Waals surface area contributed by atoms with Gasteiger partial charge in [-0.25, -0.2) is 0 Å². The molecule has 2 aromatic heterocycles. The van der Waals surface area contributed by atoms with Gasteiger partial charge in [0, 0.05) is 61.1 Å². The van der Waals surface area contributed by atoms with Gasteiger partial charge in [0.15, 0.2) is 0 Å². The number of carbonyl (C=O) groups is 2. The van der Waals surface area contributed by atoms with Crippen molar-refractivity contribution in [3.05, 3.63) is 71.5 Å². The van der Waals surface area contributed by atoms with Crippen LogP contribution in [0, 0.1) is 5.41 Å². The van der Waals surface area contributed by atoms with E-state index in [1.807, 2.05) is 6.07 Å². The Morgan fingerprint density at radius 1 is 1.11 bits per heavy atom. The van der Waals surface area contributed by atoms with Crippen LogP contribution in [0.4, 0.5) is 0 Å². The Kier molecular flexibility index (Phi) is 11.9. The molecule has 0 saturated heterocycles. The van der Waals surface area contributed by atoms with Crippen molar-refractivity contribution in [2.45, 2.75) is 72.4 Å². The molecule has 0 atom stereocenters. The summed E-state index contributed by atoms with van der Waals surface area (Å²) >= 11 is 0. The van der Waals surface area contributed by atoms with E-state index in [1.54, 1.807) is 25.4 Å². The summed E-state index contributed by atoms with van der Waals surface area (Å²) in [5.74, 6) is 5.69. The third-order valence-corrected chi connectivity index (χ3v) is 8.14. The molecule has 4 N–H and O–H groups in total. The van der Waals surface area contributed by atoms with Gasteiger partial charge in [-0.05, 0) is 91.3 Å². The van der Waals surface area contributed by atoms with E-state index in [0.717, 1.165) is 69.5 Å². The summed E-state index contributed by atoms with van der Waals surface area (Å²) in [7, 11) is 1.67. The lowest BCUT2D eigenvalue weighted by molar-refractivity contribution is -0.131. The van der Waals surface area contributed by atoms with Crippen molar-refractivity contribution in [1.82, 2.24) is 15.0 Å². The van der Waals surface area contributed by atoms with Gasteiger partial charge in [0.25, 0.3) is 6.47 Å². The van der Waals surface area contributed by atoms with Crippen LogP contribution in [0.15, 0.2) is 54.7 Å². The van der Waals surface area contributed by atoms with Crippen molar-refractivity contribution in [2.75, 3.05) is 20.3 Å². The number of phenols is 1. The first-order valence-electron chi connectivity index (χ1n) is 15.6. The second-order valence-corrected chi connectivity index (χ2v) is 12.3. The predicted octanol–water partition coefficient (Wildman–Crippen LogP) is 6.12. The number of ether oxygens (including phenoxy) is 2. The Balaban J connectivity index is 1.78. The maximum Gasteiger partial charge on any atom is 0.293 e. The number of aromatic hydroxyl groups is 1. The number of hydrogen-bond donors (Lipinski definition) is 3. The molecule has 4 rings (SSSR count). The molecule has 45 heavy (non-hydrogen) atoms. The normalized spacial score (nSPS) is 11.7. The number of unbranched alkanes of at least 4 members (excludes halogenated alkanes) is 1. The minimum Gasteiger partial charge on any atom is -0.508 e. The summed E-state index contributed by atoms with van der Waals surface area (Å²) in [6.45, 7) is 8.91. The fourth-order valence-electron chi connectivity index (χ4n) is 6.06. The zero-order chi connectivity index (χ0) is 32.4. The number of nitrogens with zero attached hydrogens (tertiary/aromatic N) is 2. The highest BCUT2D eigenvalue weighted by molar-refractivity contribution is 5.95. The third-order valence-electron chi connectivity index (χ3n) is 8.14. The molecule has 4 aromatic rings. The molecule has 0 aliphatic heterocycles. The average molecular weight is 615 g/mol. The van der Waals surface area contributed by atoms with Gasteiger partial charge in [-0.1, -0.05) is 26.0 Å². The molecule has 0 fully saturated rings. The van der Waals surface area contributed by atoms with Gasteiger partial charge in [0.2, 0.25) is 0 Å². The van der Waals surface area contributed by atoms with Crippen LogP contribution in [-0.2, 0) is 45.1 Å². The van der Waals surface area contributed by atoms with Crippen LogP contribution in [0.1, 0.15) is 63.3 Å². The van der Waals surface area contributed by atoms with E-state index in [1.165, 1.54) is 0 Å². The Labute approximate surface area is 265 Å². The van der Waals surface area contributed by atoms with Crippen LogP contribution in [0.3, 0.4) is 0 Å². The van der Waals surface area contributed by atoms with Gasteiger partial charge >= 0.3 is 0 Å². The number of methoxy groups -OCH3 is 1. The zero-order valence-electron chi connectivity index (χ0n) is 26.9. The first-order valence-corrected chi connectivity index (χ1v) is 15.6. The van der Waals surface area contributed by atoms with Crippen LogP contribution in [0.5, 0.6) is 5.75 Å². The summed E-state index contributed by atoms with van der Waals surface area (Å²) in [6, 6.07) is 16.0. The van der Waals surface area contributed by atoms with Crippen LogP contribution in [-0.4, -0.2) is 47.2 Å². The maximum atomic E-state index is 12.5. The first-order chi connectivity index (χ1) is 21.7. The number of Topliss-reactive ketones (excluding diaryl/α,β-unsaturated/α-hetero) is 1. The highest BCUT2D eigenvalue weighted by atomic mass is 16.5. The molecule has 0 spiro atoms. The molecule has 9 heteroatoms. The van der Waals surface area contributed by atoms with Gasteiger partial charge in [-0.15, -0.1) is 0 Å². The first kappa shape index (κ1) is 33.8. The van der Waals surface area contributed by atoms with Gasteiger partial charge in [0.05, 0.1) is 24.6 Å². The largest absolute Gasteiger partial charge is 0.508 e. The smallest absolute Gasteiger partial charge is 0.293 e. The number of fused-ring (bicyclic) bond motifs is 1. The van der Waals surface area contributed by atoms with E-state index in [9.17, 15) is 14.7 Å². The molecule has 2 heterocycles. The third kappa shape index (κ3) is 8.57. The van der Waals surface area contributed by atoms with Gasteiger partial charge < -0.3 is 19.1 Å². The molecule has 2 aromatic carbocycles. The molecule has 0 unspecified atom stereocenters. The minimum absolute atomic E-state index is 0.169. The van der Waals surface area contributed by atoms with E-state index >= 15 is 0 Å². The molecule has 0 saturated carbocycles. The highest BCUT2D eigenvalue weighted by Crippen LogP contribution is 2.41. The number of pyridine rings is 1. The van der Waals surface area contributed by atoms with Crippen LogP contribution >= 0.6 is 0 Å². The molecular formula is C36H46N4O5. The standard InChI is InChI=1S/C36H46N4O5/c1-5-40-34-14-12-26(27-17-25(18-29(43)19-27)11-13-28(42)9-6-7-16-39-37)20-31(34)32(21-36(2,3)23-45-24-41)35(40)30-10-8-15-38-33(30)22-44-4/h8,10,12,14-15,17-20,24,39,43H,5-7,9,11,13,16,21-23,37H2,1-4H3. The molecule has 0 bridgehead atoms. The fraction of sp³-hybridized carbons (Fsp3) is 0.417. The van der Waals surface area contributed by atoms with Crippen molar-refractivity contribution in [1.29, 1.82) is 0 Å². The molecule has 0 aliphatic rings. The topological polar surface area (TPSA) is 129 Å². The molecule has 0 aliphatic carbocycles. The minimum atomic E-state index is -0.340. The maximum absolute atomic E-state index is 12.5. The second kappa shape index (κ2) is 15.8. The van der Waals surface area contributed by atoms with Crippen LogP contribution < -0.4 is 11.3 Å². The summed E-state index contributed by atoms with van der Waals surface area (Å²) in [5, 5.41) is 11.8.